The van der Waals surface area contributed by atoms with Crippen LogP contribution in [0.4, 0.5) is 4.39 Å². The van der Waals surface area contributed by atoms with Gasteiger partial charge in [-0.3, -0.25) is 4.79 Å². The smallest absolute Gasteiger partial charge is 0.263 e. The van der Waals surface area contributed by atoms with Crippen molar-refractivity contribution in [1.29, 1.82) is 0 Å². The molecule has 15 heavy (non-hydrogen) atoms. The maximum atomic E-state index is 12.9. The van der Waals surface area contributed by atoms with Crippen molar-refractivity contribution >= 4 is 40.3 Å². The highest BCUT2D eigenvalue weighted by Crippen LogP contribution is 2.25. The second-order valence-corrected chi connectivity index (χ2v) is 4.63. The first-order valence-corrected chi connectivity index (χ1v) is 5.38. The van der Waals surface area contributed by atoms with Gasteiger partial charge in [0.25, 0.3) is 5.91 Å². The second-order valence-electron chi connectivity index (χ2n) is 2.91. The van der Waals surface area contributed by atoms with Crippen molar-refractivity contribution < 1.29 is 9.18 Å². The Morgan fingerprint density at radius 2 is 2.27 bits per heavy atom. The van der Waals surface area contributed by atoms with Gasteiger partial charge in [0.15, 0.2) is 0 Å². The minimum atomic E-state index is -0.324. The van der Waals surface area contributed by atoms with Crippen LogP contribution in [0.5, 0.6) is 0 Å². The van der Waals surface area contributed by atoms with Gasteiger partial charge in [-0.05, 0) is 23.8 Å². The summed E-state index contributed by atoms with van der Waals surface area (Å²) in [6.07, 6.45) is 1.61. The molecule has 1 N–H and O–H groups in total. The Kier molecular flexibility index (Phi) is 2.83. The van der Waals surface area contributed by atoms with E-state index >= 15 is 0 Å². The van der Waals surface area contributed by atoms with Gasteiger partial charge in [0.2, 0.25) is 0 Å². The van der Waals surface area contributed by atoms with Gasteiger partial charge in [-0.2, -0.15) is 0 Å². The number of hydrogen-bond donors (Lipinski definition) is 1. The molecule has 1 saturated heterocycles. The number of thioether (sulfide) groups is 1. The van der Waals surface area contributed by atoms with E-state index in [4.69, 9.17) is 12.2 Å². The molecule has 0 aliphatic carbocycles. The Hall–Kier alpha value is -1.20. The highest BCUT2D eigenvalue weighted by atomic mass is 32.2. The lowest BCUT2D eigenvalue weighted by Crippen LogP contribution is -2.17. The Balaban J connectivity index is 2.31. The highest BCUT2D eigenvalue weighted by Gasteiger charge is 2.21. The molecule has 76 valence electrons. The van der Waals surface area contributed by atoms with Gasteiger partial charge < -0.3 is 5.32 Å². The van der Waals surface area contributed by atoms with Crippen LogP contribution in [0.25, 0.3) is 6.08 Å². The molecule has 1 fully saturated rings. The van der Waals surface area contributed by atoms with E-state index < -0.39 is 0 Å². The average Bonchev–Trinajstić information content (AvgIpc) is 2.45. The van der Waals surface area contributed by atoms with Crippen LogP contribution in [0.15, 0.2) is 29.2 Å². The third-order valence-electron chi connectivity index (χ3n) is 1.79. The minimum absolute atomic E-state index is 0.228. The quantitative estimate of drug-likeness (QED) is 0.602. The summed E-state index contributed by atoms with van der Waals surface area (Å²) in [4.78, 5) is 11.8. The first-order chi connectivity index (χ1) is 7.15. The Morgan fingerprint density at radius 3 is 2.87 bits per heavy atom. The van der Waals surface area contributed by atoms with Gasteiger partial charge in [0, 0.05) is 0 Å². The van der Waals surface area contributed by atoms with Crippen LogP contribution in [-0.2, 0) is 4.79 Å². The molecule has 1 aromatic carbocycles. The lowest BCUT2D eigenvalue weighted by Gasteiger charge is -1.94. The van der Waals surface area contributed by atoms with Gasteiger partial charge in [-0.15, -0.1) is 0 Å². The van der Waals surface area contributed by atoms with Crippen LogP contribution in [0.1, 0.15) is 5.56 Å². The summed E-state index contributed by atoms with van der Waals surface area (Å²) in [5, 5.41) is 2.50. The number of nitrogens with one attached hydrogen (secondary N) is 1. The van der Waals surface area contributed by atoms with E-state index in [0.29, 0.717) is 14.8 Å². The number of benzene rings is 1. The molecule has 5 heteroatoms. The summed E-state index contributed by atoms with van der Waals surface area (Å²) in [7, 11) is 0. The third kappa shape index (κ3) is 2.43. The van der Waals surface area contributed by atoms with Gasteiger partial charge in [-0.1, -0.05) is 36.1 Å². The van der Waals surface area contributed by atoms with Crippen molar-refractivity contribution in [3.05, 3.63) is 40.6 Å². The lowest BCUT2D eigenvalue weighted by atomic mass is 10.2. The van der Waals surface area contributed by atoms with Crippen LogP contribution in [0.2, 0.25) is 0 Å². The number of carbonyl (C=O) groups is 1. The lowest BCUT2D eigenvalue weighted by molar-refractivity contribution is -0.115. The van der Waals surface area contributed by atoms with Gasteiger partial charge in [-0.25, -0.2) is 4.39 Å². The summed E-state index contributed by atoms with van der Waals surface area (Å²) in [6.45, 7) is 0. The van der Waals surface area contributed by atoms with Crippen LogP contribution in [0, 0.1) is 5.82 Å². The maximum absolute atomic E-state index is 12.9. The molecule has 0 unspecified atom stereocenters. The van der Waals surface area contributed by atoms with E-state index in [9.17, 15) is 9.18 Å². The standard InChI is InChI=1S/C10H6FNOS2/c11-7-3-1-2-6(4-7)5-8-9(13)12-10(14)15-8/h1-5H,(H,12,13,14). The van der Waals surface area contributed by atoms with Crippen molar-refractivity contribution in [3.8, 4) is 0 Å². The highest BCUT2D eigenvalue weighted by molar-refractivity contribution is 8.26. The van der Waals surface area contributed by atoms with Crippen molar-refractivity contribution in [2.75, 3.05) is 0 Å². The van der Waals surface area contributed by atoms with E-state index in [1.807, 2.05) is 0 Å². The van der Waals surface area contributed by atoms with Gasteiger partial charge in [0.05, 0.1) is 4.91 Å². The predicted octanol–water partition coefficient (Wildman–Crippen LogP) is 2.31. The molecule has 0 aromatic heterocycles. The average molecular weight is 239 g/mol. The van der Waals surface area contributed by atoms with E-state index in [0.717, 1.165) is 0 Å². The second kappa shape index (κ2) is 4.12. The normalized spacial score (nSPS) is 18.3. The third-order valence-corrected chi connectivity index (χ3v) is 2.95. The molecule has 2 rings (SSSR count). The molecule has 0 atom stereocenters. The largest absolute Gasteiger partial charge is 0.307 e. The Morgan fingerprint density at radius 1 is 1.47 bits per heavy atom. The summed E-state index contributed by atoms with van der Waals surface area (Å²) >= 11 is 6.02. The van der Waals surface area contributed by atoms with E-state index in [2.05, 4.69) is 5.32 Å². The van der Waals surface area contributed by atoms with Crippen LogP contribution in [0.3, 0.4) is 0 Å². The van der Waals surface area contributed by atoms with Crippen molar-refractivity contribution in [2.45, 2.75) is 0 Å². The molecular weight excluding hydrogens is 233 g/mol. The SMILES string of the molecule is O=C1NC(=S)SC1=Cc1cccc(F)c1. The van der Waals surface area contributed by atoms with Crippen molar-refractivity contribution in [3.63, 3.8) is 0 Å². The topological polar surface area (TPSA) is 29.1 Å². The van der Waals surface area contributed by atoms with Gasteiger partial charge in [0.1, 0.15) is 10.1 Å². The van der Waals surface area contributed by atoms with Crippen molar-refractivity contribution in [1.82, 2.24) is 5.32 Å². The molecule has 0 saturated carbocycles. The molecule has 1 aromatic rings. The van der Waals surface area contributed by atoms with E-state index in [1.54, 1.807) is 18.2 Å². The molecule has 0 radical (unpaired) electrons. The molecule has 1 aliphatic heterocycles. The molecule has 0 bridgehead atoms. The summed E-state index contributed by atoms with van der Waals surface area (Å²) < 4.78 is 13.3. The number of amides is 1. The zero-order chi connectivity index (χ0) is 10.8. The molecular formula is C10H6FNOS2. The first-order valence-electron chi connectivity index (χ1n) is 4.15. The fraction of sp³-hybridized carbons (Fsp3) is 0. The van der Waals surface area contributed by atoms with Gasteiger partial charge >= 0.3 is 0 Å². The Labute approximate surface area is 95.6 Å². The molecule has 2 nitrogen and oxygen atoms in total. The van der Waals surface area contributed by atoms with Crippen LogP contribution in [-0.4, -0.2) is 10.2 Å². The molecule has 1 aliphatic rings. The van der Waals surface area contributed by atoms with Crippen LogP contribution < -0.4 is 5.32 Å². The Bertz CT molecular complexity index is 470. The number of carbonyl (C=O) groups excluding carboxylic acids is 1. The molecule has 0 spiro atoms. The van der Waals surface area contributed by atoms with E-state index in [-0.39, 0.29) is 11.7 Å². The summed E-state index contributed by atoms with van der Waals surface area (Å²) in [5.41, 5.74) is 0.650. The zero-order valence-corrected chi connectivity index (χ0v) is 9.12. The molecule has 1 heterocycles. The number of hydrogen-bond acceptors (Lipinski definition) is 3. The predicted molar refractivity (Wildman–Crippen MR) is 62.7 cm³/mol. The number of rotatable bonds is 1. The summed E-state index contributed by atoms with van der Waals surface area (Å²) in [5.74, 6) is -0.551. The fourth-order valence-electron chi connectivity index (χ4n) is 1.17. The number of halogens is 1. The monoisotopic (exact) mass is 239 g/mol. The van der Waals surface area contributed by atoms with Crippen LogP contribution >= 0.6 is 24.0 Å². The fourth-order valence-corrected chi connectivity index (χ4v) is 2.21. The minimum Gasteiger partial charge on any atom is -0.307 e. The zero-order valence-electron chi connectivity index (χ0n) is 7.49. The summed E-state index contributed by atoms with van der Waals surface area (Å²) in [6, 6.07) is 6.04. The van der Waals surface area contributed by atoms with E-state index in [1.165, 1.54) is 23.9 Å². The first kappa shape index (κ1) is 10.3. The number of thiocarbonyl (C=S) groups is 1. The maximum Gasteiger partial charge on any atom is 0.263 e. The molecule has 1 amide bonds. The van der Waals surface area contributed by atoms with Crippen molar-refractivity contribution in [2.24, 2.45) is 0 Å².